The number of benzene rings is 1. The van der Waals surface area contributed by atoms with Crippen LogP contribution in [0.5, 0.6) is 0 Å². The molecule has 1 N–H and O–H groups in total. The van der Waals surface area contributed by atoms with E-state index in [2.05, 4.69) is 22.2 Å². The van der Waals surface area contributed by atoms with Crippen LogP contribution in [0.2, 0.25) is 0 Å². The minimum atomic E-state index is 0.0436. The van der Waals surface area contributed by atoms with Gasteiger partial charge in [-0.15, -0.1) is 0 Å². The van der Waals surface area contributed by atoms with Crippen LogP contribution in [0.3, 0.4) is 0 Å². The van der Waals surface area contributed by atoms with Gasteiger partial charge in [0.15, 0.2) is 0 Å². The number of para-hydroxylation sites is 1. The smallest absolute Gasteiger partial charge is 0.230 e. The predicted octanol–water partition coefficient (Wildman–Crippen LogP) is 2.64. The fraction of sp³-hybridized carbons (Fsp3) is 0.357. The van der Waals surface area contributed by atoms with E-state index in [0.29, 0.717) is 5.75 Å². The zero-order chi connectivity index (χ0) is 13.7. The number of nitrogens with zero attached hydrogens (tertiary/aromatic N) is 2. The zero-order valence-corrected chi connectivity index (χ0v) is 11.9. The average Bonchev–Trinajstić information content (AvgIpc) is 2.44. The average molecular weight is 275 g/mol. The summed E-state index contributed by atoms with van der Waals surface area (Å²) < 4.78 is 0. The van der Waals surface area contributed by atoms with E-state index in [1.54, 1.807) is 0 Å². The molecule has 0 aliphatic heterocycles. The Morgan fingerprint density at radius 3 is 2.95 bits per heavy atom. The maximum Gasteiger partial charge on any atom is 0.230 e. The molecule has 0 radical (unpaired) electrons. The minimum Gasteiger partial charge on any atom is -0.353 e. The molecule has 1 atom stereocenters. The van der Waals surface area contributed by atoms with Gasteiger partial charge in [0.25, 0.3) is 0 Å². The van der Waals surface area contributed by atoms with Gasteiger partial charge in [0.1, 0.15) is 11.4 Å². The molecule has 0 aliphatic carbocycles. The lowest BCUT2D eigenvalue weighted by atomic mass is 10.2. The summed E-state index contributed by atoms with van der Waals surface area (Å²) in [6, 6.07) is 8.04. The molecule has 2 rings (SSSR count). The van der Waals surface area contributed by atoms with Crippen molar-refractivity contribution in [3.8, 4) is 0 Å². The lowest BCUT2D eigenvalue weighted by molar-refractivity contribution is -0.119. The van der Waals surface area contributed by atoms with Crippen molar-refractivity contribution >= 4 is 28.6 Å². The monoisotopic (exact) mass is 275 g/mol. The number of hydrogen-bond donors (Lipinski definition) is 1. The van der Waals surface area contributed by atoms with Gasteiger partial charge in [-0.3, -0.25) is 4.79 Å². The van der Waals surface area contributed by atoms with Crippen molar-refractivity contribution in [2.24, 2.45) is 0 Å². The van der Waals surface area contributed by atoms with E-state index in [1.807, 2.05) is 31.2 Å². The zero-order valence-electron chi connectivity index (χ0n) is 11.1. The number of amides is 1. The Morgan fingerprint density at radius 2 is 2.16 bits per heavy atom. The molecular formula is C14H17N3OS. The predicted molar refractivity (Wildman–Crippen MR) is 78.2 cm³/mol. The van der Waals surface area contributed by atoms with Gasteiger partial charge in [-0.05, 0) is 19.4 Å². The van der Waals surface area contributed by atoms with E-state index in [9.17, 15) is 4.79 Å². The Balaban J connectivity index is 2.04. The molecule has 2 aromatic rings. The van der Waals surface area contributed by atoms with Gasteiger partial charge in [-0.1, -0.05) is 36.9 Å². The summed E-state index contributed by atoms with van der Waals surface area (Å²) in [4.78, 5) is 20.2. The molecule has 0 aliphatic rings. The quantitative estimate of drug-likeness (QED) is 0.673. The Kier molecular flexibility index (Phi) is 4.74. The van der Waals surface area contributed by atoms with Crippen molar-refractivity contribution in [2.45, 2.75) is 31.3 Å². The van der Waals surface area contributed by atoms with Crippen molar-refractivity contribution in [1.29, 1.82) is 0 Å². The number of fused-ring (bicyclic) bond motifs is 1. The lowest BCUT2D eigenvalue weighted by Gasteiger charge is -2.11. The third-order valence-corrected chi connectivity index (χ3v) is 3.87. The van der Waals surface area contributed by atoms with E-state index in [1.165, 1.54) is 18.1 Å². The summed E-state index contributed by atoms with van der Waals surface area (Å²) in [7, 11) is 0. The first-order chi connectivity index (χ1) is 9.20. The summed E-state index contributed by atoms with van der Waals surface area (Å²) in [5.74, 6) is 0.424. The van der Waals surface area contributed by atoms with Crippen LogP contribution in [-0.2, 0) is 4.79 Å². The minimum absolute atomic E-state index is 0.0436. The highest BCUT2D eigenvalue weighted by atomic mass is 32.2. The lowest BCUT2D eigenvalue weighted by Crippen LogP contribution is -2.33. The maximum atomic E-state index is 11.7. The number of aromatic nitrogens is 2. The van der Waals surface area contributed by atoms with Crippen molar-refractivity contribution in [2.75, 3.05) is 5.75 Å². The molecule has 100 valence electrons. The molecule has 1 aromatic heterocycles. The standard InChI is InChI=1S/C14H17N3OS/c1-3-10(2)17-13(18)8-19-14-11-6-4-5-7-12(11)15-9-16-14/h4-7,9-10H,3,8H2,1-2H3,(H,17,18)/t10-/m0/s1. The van der Waals surface area contributed by atoms with Crippen molar-refractivity contribution in [1.82, 2.24) is 15.3 Å². The van der Waals surface area contributed by atoms with Crippen molar-refractivity contribution in [3.05, 3.63) is 30.6 Å². The normalized spacial score (nSPS) is 12.3. The van der Waals surface area contributed by atoms with Crippen LogP contribution in [0.1, 0.15) is 20.3 Å². The molecule has 1 aromatic carbocycles. The van der Waals surface area contributed by atoms with Gasteiger partial charge in [0.2, 0.25) is 5.91 Å². The molecule has 4 nitrogen and oxygen atoms in total. The first-order valence-corrected chi connectivity index (χ1v) is 7.31. The summed E-state index contributed by atoms with van der Waals surface area (Å²) in [6.45, 7) is 4.05. The van der Waals surface area contributed by atoms with Crippen molar-refractivity contribution < 1.29 is 4.79 Å². The highest BCUT2D eigenvalue weighted by Crippen LogP contribution is 2.23. The molecule has 0 bridgehead atoms. The summed E-state index contributed by atoms with van der Waals surface area (Å²) >= 11 is 1.45. The Hall–Kier alpha value is -1.62. The van der Waals surface area contributed by atoms with Crippen LogP contribution < -0.4 is 5.32 Å². The molecule has 0 spiro atoms. The Labute approximate surface area is 117 Å². The second kappa shape index (κ2) is 6.52. The third-order valence-electron chi connectivity index (χ3n) is 2.87. The molecule has 19 heavy (non-hydrogen) atoms. The fourth-order valence-corrected chi connectivity index (χ4v) is 2.45. The SMILES string of the molecule is CC[C@H](C)NC(=O)CSc1ncnc2ccccc12. The summed E-state index contributed by atoms with van der Waals surface area (Å²) in [6.07, 6.45) is 2.48. The summed E-state index contributed by atoms with van der Waals surface area (Å²) in [5.41, 5.74) is 0.905. The molecule has 0 unspecified atom stereocenters. The molecule has 0 saturated carbocycles. The van der Waals surface area contributed by atoms with Crippen LogP contribution in [0.15, 0.2) is 35.6 Å². The van der Waals surface area contributed by atoms with Gasteiger partial charge >= 0.3 is 0 Å². The first kappa shape index (κ1) is 13.8. The Morgan fingerprint density at radius 1 is 1.37 bits per heavy atom. The van der Waals surface area contributed by atoms with E-state index in [0.717, 1.165) is 22.3 Å². The maximum absolute atomic E-state index is 11.7. The molecule has 1 amide bonds. The number of thioether (sulfide) groups is 1. The van der Waals surface area contributed by atoms with Gasteiger partial charge in [-0.2, -0.15) is 0 Å². The molecule has 0 fully saturated rings. The first-order valence-electron chi connectivity index (χ1n) is 6.32. The van der Waals surface area contributed by atoms with Gasteiger partial charge in [0, 0.05) is 11.4 Å². The number of hydrogen-bond acceptors (Lipinski definition) is 4. The topological polar surface area (TPSA) is 54.9 Å². The second-order valence-corrected chi connectivity index (χ2v) is 5.33. The third kappa shape index (κ3) is 3.67. The highest BCUT2D eigenvalue weighted by Gasteiger charge is 2.09. The molecular weight excluding hydrogens is 258 g/mol. The van der Waals surface area contributed by atoms with Crippen LogP contribution in [0.25, 0.3) is 10.9 Å². The molecule has 1 heterocycles. The molecule has 5 heteroatoms. The van der Waals surface area contributed by atoms with Gasteiger partial charge in [-0.25, -0.2) is 9.97 Å². The number of nitrogens with one attached hydrogen (secondary N) is 1. The van der Waals surface area contributed by atoms with E-state index >= 15 is 0 Å². The number of rotatable bonds is 5. The summed E-state index contributed by atoms with van der Waals surface area (Å²) in [5, 5.41) is 4.79. The fourth-order valence-electron chi connectivity index (χ4n) is 1.65. The van der Waals surface area contributed by atoms with E-state index in [-0.39, 0.29) is 11.9 Å². The Bertz CT molecular complexity index is 568. The van der Waals surface area contributed by atoms with E-state index < -0.39 is 0 Å². The van der Waals surface area contributed by atoms with Crippen LogP contribution in [-0.4, -0.2) is 27.7 Å². The van der Waals surface area contributed by atoms with Crippen LogP contribution in [0.4, 0.5) is 0 Å². The van der Waals surface area contributed by atoms with Crippen LogP contribution >= 0.6 is 11.8 Å². The molecule has 0 saturated heterocycles. The number of carbonyl (C=O) groups is 1. The van der Waals surface area contributed by atoms with Crippen LogP contribution in [0, 0.1) is 0 Å². The largest absolute Gasteiger partial charge is 0.353 e. The van der Waals surface area contributed by atoms with Gasteiger partial charge < -0.3 is 5.32 Å². The van der Waals surface area contributed by atoms with Gasteiger partial charge in [0.05, 0.1) is 11.3 Å². The van der Waals surface area contributed by atoms with E-state index in [4.69, 9.17) is 0 Å². The van der Waals surface area contributed by atoms with Crippen molar-refractivity contribution in [3.63, 3.8) is 0 Å². The highest BCUT2D eigenvalue weighted by molar-refractivity contribution is 8.00. The number of carbonyl (C=O) groups excluding carboxylic acids is 1. The second-order valence-electron chi connectivity index (χ2n) is 4.36.